The molecule has 112 valence electrons. The second kappa shape index (κ2) is 6.21. The van der Waals surface area contributed by atoms with E-state index in [9.17, 15) is 23.7 Å². The molecule has 0 saturated heterocycles. The number of allylic oxidation sites excluding steroid dienone is 1. The number of halogens is 2. The SMILES string of the molecule is Cc1ccc(C(=O)C=Cc2cc(F)ncc2F)cc1[N+](=O)[O-]. The number of nitrogens with zero attached hydrogens (tertiary/aromatic N) is 2. The van der Waals surface area contributed by atoms with Gasteiger partial charge in [0.1, 0.15) is 5.82 Å². The highest BCUT2D eigenvalue weighted by atomic mass is 19.1. The highest BCUT2D eigenvalue weighted by Crippen LogP contribution is 2.20. The summed E-state index contributed by atoms with van der Waals surface area (Å²) in [5.41, 5.74) is 0.194. The molecule has 0 aliphatic carbocycles. The van der Waals surface area contributed by atoms with Crippen molar-refractivity contribution in [2.75, 3.05) is 0 Å². The molecule has 0 aliphatic heterocycles. The lowest BCUT2D eigenvalue weighted by atomic mass is 10.1. The molecule has 0 saturated carbocycles. The summed E-state index contributed by atoms with van der Waals surface area (Å²) in [7, 11) is 0. The number of hydrogen-bond acceptors (Lipinski definition) is 4. The molecule has 0 N–H and O–H groups in total. The second-order valence-electron chi connectivity index (χ2n) is 4.48. The van der Waals surface area contributed by atoms with Crippen LogP contribution in [0.2, 0.25) is 0 Å². The fourth-order valence-electron chi connectivity index (χ4n) is 1.78. The van der Waals surface area contributed by atoms with Crippen LogP contribution in [0.15, 0.2) is 36.5 Å². The molecule has 0 aliphatic rings. The Hall–Kier alpha value is -2.96. The van der Waals surface area contributed by atoms with E-state index in [-0.39, 0.29) is 16.8 Å². The number of benzene rings is 1. The molecule has 2 aromatic rings. The Morgan fingerprint density at radius 1 is 1.32 bits per heavy atom. The maximum absolute atomic E-state index is 13.4. The van der Waals surface area contributed by atoms with E-state index in [1.54, 1.807) is 6.92 Å². The van der Waals surface area contributed by atoms with Gasteiger partial charge in [0.2, 0.25) is 5.95 Å². The van der Waals surface area contributed by atoms with E-state index in [1.807, 2.05) is 0 Å². The highest BCUT2D eigenvalue weighted by molar-refractivity contribution is 6.07. The summed E-state index contributed by atoms with van der Waals surface area (Å²) in [6.07, 6.45) is 2.82. The van der Waals surface area contributed by atoms with E-state index >= 15 is 0 Å². The molecule has 2 rings (SSSR count). The lowest BCUT2D eigenvalue weighted by Crippen LogP contribution is -1.98. The van der Waals surface area contributed by atoms with Gasteiger partial charge >= 0.3 is 0 Å². The molecular weight excluding hydrogens is 294 g/mol. The summed E-state index contributed by atoms with van der Waals surface area (Å²) in [6, 6.07) is 4.87. The third kappa shape index (κ3) is 3.38. The third-order valence-corrected chi connectivity index (χ3v) is 2.96. The van der Waals surface area contributed by atoms with Crippen LogP contribution < -0.4 is 0 Å². The standard InChI is InChI=1S/C15H10F2N2O3/c1-9-2-3-11(6-13(9)19(21)22)14(20)5-4-10-7-15(17)18-8-12(10)16/h2-8H,1H3. The monoisotopic (exact) mass is 304 g/mol. The van der Waals surface area contributed by atoms with Crippen molar-refractivity contribution < 1.29 is 18.5 Å². The average molecular weight is 304 g/mol. The summed E-state index contributed by atoms with van der Waals surface area (Å²) in [5, 5.41) is 10.8. The first-order chi connectivity index (χ1) is 10.4. The summed E-state index contributed by atoms with van der Waals surface area (Å²) in [5.74, 6) is -2.21. The van der Waals surface area contributed by atoms with Crippen molar-refractivity contribution in [1.82, 2.24) is 4.98 Å². The van der Waals surface area contributed by atoms with Gasteiger partial charge in [-0.1, -0.05) is 12.1 Å². The Labute approximate surface area is 124 Å². The lowest BCUT2D eigenvalue weighted by Gasteiger charge is -2.00. The molecule has 1 aromatic heterocycles. The number of aromatic nitrogens is 1. The molecule has 0 amide bonds. The number of nitro groups is 1. The molecule has 22 heavy (non-hydrogen) atoms. The number of pyridine rings is 1. The van der Waals surface area contributed by atoms with Crippen LogP contribution in [0.3, 0.4) is 0 Å². The number of carbonyl (C=O) groups is 1. The lowest BCUT2D eigenvalue weighted by molar-refractivity contribution is -0.385. The van der Waals surface area contributed by atoms with E-state index in [4.69, 9.17) is 0 Å². The fourth-order valence-corrected chi connectivity index (χ4v) is 1.78. The molecule has 0 spiro atoms. The van der Waals surface area contributed by atoms with Gasteiger partial charge < -0.3 is 0 Å². The van der Waals surface area contributed by atoms with E-state index in [0.717, 1.165) is 24.3 Å². The minimum atomic E-state index is -0.875. The van der Waals surface area contributed by atoms with Crippen molar-refractivity contribution in [1.29, 1.82) is 0 Å². The Morgan fingerprint density at radius 3 is 2.73 bits per heavy atom. The minimum absolute atomic E-state index is 0.0866. The first-order valence-electron chi connectivity index (χ1n) is 6.17. The summed E-state index contributed by atoms with van der Waals surface area (Å²) in [4.78, 5) is 25.3. The quantitative estimate of drug-likeness (QED) is 0.285. The Kier molecular flexibility index (Phi) is 4.36. The first-order valence-corrected chi connectivity index (χ1v) is 6.17. The van der Waals surface area contributed by atoms with Crippen LogP contribution in [0.25, 0.3) is 6.08 Å². The van der Waals surface area contributed by atoms with E-state index < -0.39 is 22.5 Å². The molecule has 1 aromatic carbocycles. The van der Waals surface area contributed by atoms with Crippen LogP contribution in [0.4, 0.5) is 14.5 Å². The van der Waals surface area contributed by atoms with Crippen molar-refractivity contribution in [3.05, 3.63) is 75.1 Å². The van der Waals surface area contributed by atoms with Crippen LogP contribution >= 0.6 is 0 Å². The molecule has 1 heterocycles. The van der Waals surface area contributed by atoms with Gasteiger partial charge in [-0.2, -0.15) is 4.39 Å². The van der Waals surface area contributed by atoms with Crippen LogP contribution in [-0.4, -0.2) is 15.7 Å². The van der Waals surface area contributed by atoms with Gasteiger partial charge in [0.05, 0.1) is 11.1 Å². The second-order valence-corrected chi connectivity index (χ2v) is 4.48. The summed E-state index contributed by atoms with van der Waals surface area (Å²) >= 11 is 0. The topological polar surface area (TPSA) is 73.1 Å². The molecule has 0 fully saturated rings. The molecule has 0 atom stereocenters. The van der Waals surface area contributed by atoms with Gasteiger partial charge in [0, 0.05) is 28.8 Å². The molecule has 0 unspecified atom stereocenters. The van der Waals surface area contributed by atoms with Gasteiger partial charge in [-0.05, 0) is 19.1 Å². The number of carbonyl (C=O) groups excluding carboxylic acids is 1. The van der Waals surface area contributed by atoms with Gasteiger partial charge in [0.25, 0.3) is 5.69 Å². The predicted molar refractivity (Wildman–Crippen MR) is 75.4 cm³/mol. The Bertz CT molecular complexity index is 788. The maximum atomic E-state index is 13.4. The van der Waals surface area contributed by atoms with E-state index in [2.05, 4.69) is 4.98 Å². The van der Waals surface area contributed by atoms with Crippen LogP contribution in [0, 0.1) is 28.8 Å². The van der Waals surface area contributed by atoms with Gasteiger partial charge in [-0.25, -0.2) is 9.37 Å². The fraction of sp³-hybridized carbons (Fsp3) is 0.0667. The van der Waals surface area contributed by atoms with Crippen LogP contribution in [0.5, 0.6) is 0 Å². The highest BCUT2D eigenvalue weighted by Gasteiger charge is 2.13. The summed E-state index contributed by atoms with van der Waals surface area (Å²) < 4.78 is 26.3. The zero-order valence-electron chi connectivity index (χ0n) is 11.4. The molecule has 0 bridgehead atoms. The van der Waals surface area contributed by atoms with Crippen LogP contribution in [-0.2, 0) is 0 Å². The van der Waals surface area contributed by atoms with Crippen molar-refractivity contribution in [2.24, 2.45) is 0 Å². The van der Waals surface area contributed by atoms with Gasteiger partial charge in [-0.15, -0.1) is 0 Å². The van der Waals surface area contributed by atoms with E-state index in [0.29, 0.717) is 11.8 Å². The predicted octanol–water partition coefficient (Wildman–Crippen LogP) is 3.47. The number of rotatable bonds is 4. The first kappa shape index (κ1) is 15.4. The largest absolute Gasteiger partial charge is 0.289 e. The number of hydrogen-bond donors (Lipinski definition) is 0. The van der Waals surface area contributed by atoms with Crippen molar-refractivity contribution >= 4 is 17.5 Å². The zero-order chi connectivity index (χ0) is 16.3. The van der Waals surface area contributed by atoms with Crippen molar-refractivity contribution in [3.8, 4) is 0 Å². The van der Waals surface area contributed by atoms with E-state index in [1.165, 1.54) is 12.1 Å². The van der Waals surface area contributed by atoms with Crippen LogP contribution in [0.1, 0.15) is 21.5 Å². The third-order valence-electron chi connectivity index (χ3n) is 2.96. The molecule has 5 nitrogen and oxygen atoms in total. The summed E-state index contributed by atoms with van der Waals surface area (Å²) in [6.45, 7) is 1.55. The maximum Gasteiger partial charge on any atom is 0.273 e. The number of ketones is 1. The average Bonchev–Trinajstić information content (AvgIpc) is 2.48. The van der Waals surface area contributed by atoms with Gasteiger partial charge in [-0.3, -0.25) is 14.9 Å². The molecular formula is C15H10F2N2O3. The smallest absolute Gasteiger partial charge is 0.273 e. The zero-order valence-corrected chi connectivity index (χ0v) is 11.4. The number of nitro benzene ring substituents is 1. The number of aryl methyl sites for hydroxylation is 1. The van der Waals surface area contributed by atoms with Crippen molar-refractivity contribution in [2.45, 2.75) is 6.92 Å². The Morgan fingerprint density at radius 2 is 2.05 bits per heavy atom. The Balaban J connectivity index is 2.29. The molecule has 0 radical (unpaired) electrons. The minimum Gasteiger partial charge on any atom is -0.289 e. The van der Waals surface area contributed by atoms with Gasteiger partial charge in [0.15, 0.2) is 5.78 Å². The van der Waals surface area contributed by atoms with Crippen molar-refractivity contribution in [3.63, 3.8) is 0 Å². The normalized spacial score (nSPS) is 10.9. The molecule has 7 heteroatoms.